The summed E-state index contributed by atoms with van der Waals surface area (Å²) in [5.74, 6) is 0.794. The van der Waals surface area contributed by atoms with Crippen LogP contribution in [0.25, 0.3) is 0 Å². The van der Waals surface area contributed by atoms with Crippen molar-refractivity contribution in [1.82, 2.24) is 4.90 Å². The zero-order chi connectivity index (χ0) is 17.5. The Kier molecular flexibility index (Phi) is 7.21. The highest BCUT2D eigenvalue weighted by Gasteiger charge is 2.13. The molecule has 1 heterocycles. The molecule has 0 saturated heterocycles. The molecule has 0 spiro atoms. The maximum Gasteiger partial charge on any atom is 0.224 e. The number of anilines is 1. The largest absolute Gasteiger partial charge is 0.495 e. The highest BCUT2D eigenvalue weighted by molar-refractivity contribution is 7.16. The minimum absolute atomic E-state index is 0.0931. The summed E-state index contributed by atoms with van der Waals surface area (Å²) < 4.78 is 6.02. The highest BCUT2D eigenvalue weighted by Crippen LogP contribution is 2.27. The van der Waals surface area contributed by atoms with Gasteiger partial charge in [0.25, 0.3) is 0 Å². The van der Waals surface area contributed by atoms with Crippen LogP contribution in [0, 0.1) is 0 Å². The molecule has 0 aliphatic rings. The number of rotatable bonds is 8. The fourth-order valence-electron chi connectivity index (χ4n) is 2.28. The third kappa shape index (κ3) is 5.30. The first kappa shape index (κ1) is 18.9. The molecule has 0 fully saturated rings. The number of halogens is 2. The van der Waals surface area contributed by atoms with E-state index in [0.29, 0.717) is 36.8 Å². The SMILES string of the molecule is CCN(Cc1ccc(Cl)s1)C(=O)CCNc1cc(Cl)ccc1OC. The van der Waals surface area contributed by atoms with Gasteiger partial charge in [0.15, 0.2) is 0 Å². The Hall–Kier alpha value is -1.43. The maximum atomic E-state index is 12.4. The van der Waals surface area contributed by atoms with Crippen molar-refractivity contribution in [2.45, 2.75) is 19.9 Å². The van der Waals surface area contributed by atoms with Crippen LogP contribution >= 0.6 is 34.5 Å². The van der Waals surface area contributed by atoms with Crippen LogP contribution < -0.4 is 10.1 Å². The molecule has 1 aromatic heterocycles. The zero-order valence-electron chi connectivity index (χ0n) is 13.6. The summed E-state index contributed by atoms with van der Waals surface area (Å²) in [6, 6.07) is 9.16. The normalized spacial score (nSPS) is 10.5. The fourth-order valence-corrected chi connectivity index (χ4v) is 3.56. The second kappa shape index (κ2) is 9.16. The van der Waals surface area contributed by atoms with Crippen molar-refractivity contribution in [1.29, 1.82) is 0 Å². The first-order valence-corrected chi connectivity index (χ1v) is 9.20. The molecule has 1 amide bonds. The van der Waals surface area contributed by atoms with E-state index >= 15 is 0 Å². The summed E-state index contributed by atoms with van der Waals surface area (Å²) in [7, 11) is 1.60. The molecule has 0 saturated carbocycles. The Morgan fingerprint density at radius 2 is 2.08 bits per heavy atom. The number of hydrogen-bond acceptors (Lipinski definition) is 4. The summed E-state index contributed by atoms with van der Waals surface area (Å²) in [5, 5.41) is 3.83. The lowest BCUT2D eigenvalue weighted by atomic mass is 10.2. The quantitative estimate of drug-likeness (QED) is 0.700. The van der Waals surface area contributed by atoms with Crippen LogP contribution in [0.4, 0.5) is 5.69 Å². The Morgan fingerprint density at radius 3 is 2.71 bits per heavy atom. The van der Waals surface area contributed by atoms with Gasteiger partial charge in [-0.15, -0.1) is 11.3 Å². The second-order valence-corrected chi connectivity index (χ2v) is 7.37. The average molecular weight is 387 g/mol. The summed E-state index contributed by atoms with van der Waals surface area (Å²) in [6.07, 6.45) is 0.391. The fraction of sp³-hybridized carbons (Fsp3) is 0.353. The zero-order valence-corrected chi connectivity index (χ0v) is 16.0. The van der Waals surface area contributed by atoms with Gasteiger partial charge in [0, 0.05) is 29.4 Å². The Balaban J connectivity index is 1.88. The van der Waals surface area contributed by atoms with Gasteiger partial charge in [-0.25, -0.2) is 0 Å². The van der Waals surface area contributed by atoms with Gasteiger partial charge in [0.2, 0.25) is 5.91 Å². The molecular formula is C17H20Cl2N2O2S. The molecule has 0 bridgehead atoms. The van der Waals surface area contributed by atoms with Crippen LogP contribution in [0.2, 0.25) is 9.36 Å². The number of amides is 1. The van der Waals surface area contributed by atoms with Gasteiger partial charge in [0.1, 0.15) is 5.75 Å². The highest BCUT2D eigenvalue weighted by atomic mass is 35.5. The lowest BCUT2D eigenvalue weighted by Gasteiger charge is -2.20. The molecule has 7 heteroatoms. The minimum Gasteiger partial charge on any atom is -0.495 e. The molecular weight excluding hydrogens is 367 g/mol. The molecule has 2 rings (SSSR count). The van der Waals surface area contributed by atoms with E-state index in [4.69, 9.17) is 27.9 Å². The first-order valence-electron chi connectivity index (χ1n) is 7.63. The van der Waals surface area contributed by atoms with Crippen molar-refractivity contribution < 1.29 is 9.53 Å². The van der Waals surface area contributed by atoms with Gasteiger partial charge in [0.05, 0.1) is 23.7 Å². The van der Waals surface area contributed by atoms with Crippen molar-refractivity contribution >= 4 is 46.1 Å². The molecule has 0 atom stereocenters. The molecule has 0 aliphatic heterocycles. The van der Waals surface area contributed by atoms with Crippen LogP contribution in [0.3, 0.4) is 0 Å². The monoisotopic (exact) mass is 386 g/mol. The minimum atomic E-state index is 0.0931. The molecule has 1 aromatic carbocycles. The first-order chi connectivity index (χ1) is 11.5. The van der Waals surface area contributed by atoms with Gasteiger partial charge in [-0.05, 0) is 37.3 Å². The van der Waals surface area contributed by atoms with Gasteiger partial charge in [-0.2, -0.15) is 0 Å². The number of carbonyl (C=O) groups is 1. The third-order valence-electron chi connectivity index (χ3n) is 3.53. The summed E-state index contributed by atoms with van der Waals surface area (Å²) in [5.41, 5.74) is 0.783. The van der Waals surface area contributed by atoms with Crippen LogP contribution in [-0.2, 0) is 11.3 Å². The van der Waals surface area contributed by atoms with Crippen molar-refractivity contribution in [2.24, 2.45) is 0 Å². The molecule has 2 aromatic rings. The predicted octanol–water partition coefficient (Wildman–Crippen LogP) is 4.91. The summed E-state index contributed by atoms with van der Waals surface area (Å²) >= 11 is 13.4. The van der Waals surface area contributed by atoms with E-state index in [1.807, 2.05) is 24.0 Å². The van der Waals surface area contributed by atoms with E-state index in [1.54, 1.807) is 25.3 Å². The van der Waals surface area contributed by atoms with Crippen LogP contribution in [-0.4, -0.2) is 31.0 Å². The average Bonchev–Trinajstić information content (AvgIpc) is 2.97. The number of carbonyl (C=O) groups excluding carboxylic acids is 1. The van der Waals surface area contributed by atoms with Crippen LogP contribution in [0.1, 0.15) is 18.2 Å². The van der Waals surface area contributed by atoms with E-state index in [1.165, 1.54) is 11.3 Å². The summed E-state index contributed by atoms with van der Waals surface area (Å²) in [4.78, 5) is 15.3. The van der Waals surface area contributed by atoms with Crippen molar-refractivity contribution in [3.8, 4) is 5.75 Å². The third-order valence-corrected chi connectivity index (χ3v) is 4.98. The van der Waals surface area contributed by atoms with E-state index in [0.717, 1.165) is 14.9 Å². The molecule has 0 radical (unpaired) electrons. The maximum absolute atomic E-state index is 12.4. The lowest BCUT2D eigenvalue weighted by Crippen LogP contribution is -2.31. The van der Waals surface area contributed by atoms with Gasteiger partial charge < -0.3 is 15.0 Å². The van der Waals surface area contributed by atoms with Crippen molar-refractivity contribution in [3.05, 3.63) is 44.6 Å². The number of benzene rings is 1. The molecule has 130 valence electrons. The molecule has 4 nitrogen and oxygen atoms in total. The molecule has 0 unspecified atom stereocenters. The topological polar surface area (TPSA) is 41.6 Å². The predicted molar refractivity (Wildman–Crippen MR) is 102 cm³/mol. The van der Waals surface area contributed by atoms with Crippen LogP contribution in [0.15, 0.2) is 30.3 Å². The van der Waals surface area contributed by atoms with Crippen molar-refractivity contribution in [2.75, 3.05) is 25.5 Å². The molecule has 1 N–H and O–H groups in total. The lowest BCUT2D eigenvalue weighted by molar-refractivity contribution is -0.131. The van der Waals surface area contributed by atoms with Crippen molar-refractivity contribution in [3.63, 3.8) is 0 Å². The molecule has 0 aliphatic carbocycles. The Labute approximate surface area is 156 Å². The molecule has 24 heavy (non-hydrogen) atoms. The van der Waals surface area contributed by atoms with Gasteiger partial charge >= 0.3 is 0 Å². The van der Waals surface area contributed by atoms with E-state index < -0.39 is 0 Å². The number of thiophene rings is 1. The van der Waals surface area contributed by atoms with E-state index in [2.05, 4.69) is 5.32 Å². The van der Waals surface area contributed by atoms with Crippen LogP contribution in [0.5, 0.6) is 5.75 Å². The van der Waals surface area contributed by atoms with Gasteiger partial charge in [-0.3, -0.25) is 4.79 Å². The summed E-state index contributed by atoms with van der Waals surface area (Å²) in [6.45, 7) is 3.74. The van der Waals surface area contributed by atoms with E-state index in [-0.39, 0.29) is 5.91 Å². The Morgan fingerprint density at radius 1 is 1.29 bits per heavy atom. The second-order valence-electron chi connectivity index (χ2n) is 5.14. The smallest absolute Gasteiger partial charge is 0.224 e. The number of methoxy groups -OCH3 is 1. The van der Waals surface area contributed by atoms with E-state index in [9.17, 15) is 4.79 Å². The number of ether oxygens (including phenoxy) is 1. The van der Waals surface area contributed by atoms with Gasteiger partial charge in [-0.1, -0.05) is 23.2 Å². The Bertz CT molecular complexity index is 691. The standard InChI is InChI=1S/C17H20Cl2N2O2S/c1-3-21(11-13-5-7-16(19)24-13)17(22)8-9-20-14-10-12(18)4-6-15(14)23-2/h4-7,10,20H,3,8-9,11H2,1-2H3. The number of nitrogens with one attached hydrogen (secondary N) is 1. The number of hydrogen-bond donors (Lipinski definition) is 1. The number of nitrogens with zero attached hydrogens (tertiary/aromatic N) is 1.